The van der Waals surface area contributed by atoms with E-state index in [9.17, 15) is 5.11 Å². The summed E-state index contributed by atoms with van der Waals surface area (Å²) in [5.41, 5.74) is 2.45. The molecule has 2 aromatic rings. The van der Waals surface area contributed by atoms with E-state index in [0.29, 0.717) is 0 Å². The molecule has 1 saturated heterocycles. The zero-order valence-corrected chi connectivity index (χ0v) is 13.5. The predicted molar refractivity (Wildman–Crippen MR) is 90.1 cm³/mol. The molecule has 0 saturated carbocycles. The fourth-order valence-corrected chi connectivity index (χ4v) is 4.50. The molecule has 1 aliphatic carbocycles. The molecule has 0 amide bonds. The number of hydrogen-bond donors (Lipinski definition) is 1. The average Bonchev–Trinajstić information content (AvgIpc) is 3.17. The van der Waals surface area contributed by atoms with E-state index in [4.69, 9.17) is 0 Å². The first kappa shape index (κ1) is 14.4. The first-order chi connectivity index (χ1) is 10.8. The van der Waals surface area contributed by atoms with Crippen LogP contribution in [0.4, 0.5) is 0 Å². The van der Waals surface area contributed by atoms with Gasteiger partial charge in [0, 0.05) is 43.6 Å². The monoisotopic (exact) mass is 314 g/mol. The number of hydrogen-bond acceptors (Lipinski definition) is 4. The summed E-state index contributed by atoms with van der Waals surface area (Å²) in [6.07, 6.45) is 0.669. The maximum absolute atomic E-state index is 10.6. The summed E-state index contributed by atoms with van der Waals surface area (Å²) in [4.78, 5) is 6.45. The molecule has 1 aromatic heterocycles. The molecule has 116 valence electrons. The van der Waals surface area contributed by atoms with Gasteiger partial charge in [-0.25, -0.2) is 0 Å². The Morgan fingerprint density at radius 2 is 1.86 bits per heavy atom. The van der Waals surface area contributed by atoms with Gasteiger partial charge in [-0.2, -0.15) is 0 Å². The molecule has 4 heteroatoms. The van der Waals surface area contributed by atoms with Gasteiger partial charge in [-0.05, 0) is 29.0 Å². The normalized spacial score (nSPS) is 26.2. The van der Waals surface area contributed by atoms with Crippen LogP contribution < -0.4 is 0 Å². The second kappa shape index (κ2) is 6.13. The Morgan fingerprint density at radius 1 is 1.05 bits per heavy atom. The van der Waals surface area contributed by atoms with Crippen LogP contribution in [-0.4, -0.2) is 47.1 Å². The number of aliphatic hydroxyl groups is 1. The standard InChI is InChI=1S/C18H22N2OS/c21-18-16-6-2-1-4-14(16)12-17(18)20-9-7-19(8-10-20)13-15-5-3-11-22-15/h1-6,11,17-18,21H,7-10,12-13H2. The Kier molecular flexibility index (Phi) is 4.01. The molecule has 1 aromatic carbocycles. The minimum absolute atomic E-state index is 0.265. The third kappa shape index (κ3) is 2.72. The van der Waals surface area contributed by atoms with E-state index in [2.05, 4.69) is 45.5 Å². The summed E-state index contributed by atoms with van der Waals surface area (Å²) in [6.45, 7) is 5.37. The molecule has 0 bridgehead atoms. The van der Waals surface area contributed by atoms with E-state index in [1.807, 2.05) is 17.4 Å². The number of aliphatic hydroxyl groups excluding tert-OH is 1. The number of fused-ring (bicyclic) bond motifs is 1. The minimum atomic E-state index is -0.319. The lowest BCUT2D eigenvalue weighted by Gasteiger charge is -2.39. The van der Waals surface area contributed by atoms with Crippen molar-refractivity contribution in [1.82, 2.24) is 9.80 Å². The predicted octanol–water partition coefficient (Wildman–Crippen LogP) is 2.52. The molecule has 2 heterocycles. The Hall–Kier alpha value is -1.20. The molecular formula is C18H22N2OS. The van der Waals surface area contributed by atoms with Gasteiger partial charge in [0.25, 0.3) is 0 Å². The molecular weight excluding hydrogens is 292 g/mol. The Morgan fingerprint density at radius 3 is 2.59 bits per heavy atom. The largest absolute Gasteiger partial charge is 0.387 e. The highest BCUT2D eigenvalue weighted by Crippen LogP contribution is 2.34. The van der Waals surface area contributed by atoms with Crippen LogP contribution in [0.2, 0.25) is 0 Å². The van der Waals surface area contributed by atoms with Crippen LogP contribution in [0.3, 0.4) is 0 Å². The number of piperazine rings is 1. The van der Waals surface area contributed by atoms with Crippen molar-refractivity contribution in [3.8, 4) is 0 Å². The number of rotatable bonds is 3. The molecule has 1 fully saturated rings. The fourth-order valence-electron chi connectivity index (χ4n) is 3.76. The highest BCUT2D eigenvalue weighted by atomic mass is 32.1. The fraction of sp³-hybridized carbons (Fsp3) is 0.444. The van der Waals surface area contributed by atoms with Crippen LogP contribution in [0, 0.1) is 0 Å². The smallest absolute Gasteiger partial charge is 0.0951 e. The topological polar surface area (TPSA) is 26.7 Å². The van der Waals surface area contributed by atoms with E-state index in [-0.39, 0.29) is 12.1 Å². The van der Waals surface area contributed by atoms with Gasteiger partial charge in [-0.1, -0.05) is 30.3 Å². The lowest BCUT2D eigenvalue weighted by molar-refractivity contribution is 0.0260. The highest BCUT2D eigenvalue weighted by molar-refractivity contribution is 7.09. The molecule has 1 aliphatic heterocycles. The van der Waals surface area contributed by atoms with Gasteiger partial charge in [-0.15, -0.1) is 11.3 Å². The summed E-state index contributed by atoms with van der Waals surface area (Å²) in [7, 11) is 0. The van der Waals surface area contributed by atoms with Crippen molar-refractivity contribution in [3.05, 3.63) is 57.8 Å². The molecule has 2 aliphatic rings. The van der Waals surface area contributed by atoms with E-state index in [1.165, 1.54) is 10.4 Å². The molecule has 22 heavy (non-hydrogen) atoms. The average molecular weight is 314 g/mol. The number of thiophene rings is 1. The van der Waals surface area contributed by atoms with Crippen molar-refractivity contribution in [2.75, 3.05) is 26.2 Å². The molecule has 0 radical (unpaired) electrons. The second-order valence-corrected chi connectivity index (χ2v) is 7.34. The van der Waals surface area contributed by atoms with E-state index >= 15 is 0 Å². The highest BCUT2D eigenvalue weighted by Gasteiger charge is 2.36. The molecule has 2 atom stereocenters. The Labute approximate surface area is 135 Å². The Bertz CT molecular complexity index is 620. The molecule has 0 spiro atoms. The molecule has 1 N–H and O–H groups in total. The van der Waals surface area contributed by atoms with Gasteiger partial charge in [-0.3, -0.25) is 9.80 Å². The third-order valence-corrected chi connectivity index (χ3v) is 5.86. The van der Waals surface area contributed by atoms with Crippen molar-refractivity contribution in [1.29, 1.82) is 0 Å². The molecule has 4 rings (SSSR count). The lowest BCUT2D eigenvalue weighted by atomic mass is 10.1. The SMILES string of the molecule is OC1c2ccccc2CC1N1CCN(Cc2cccs2)CC1. The summed E-state index contributed by atoms with van der Waals surface area (Å²) in [5, 5.41) is 12.8. The van der Waals surface area contributed by atoms with Gasteiger partial charge in [0.05, 0.1) is 6.10 Å². The summed E-state index contributed by atoms with van der Waals surface area (Å²) in [5.74, 6) is 0. The first-order valence-electron chi connectivity index (χ1n) is 8.06. The van der Waals surface area contributed by atoms with Gasteiger partial charge in [0.2, 0.25) is 0 Å². The number of benzene rings is 1. The van der Waals surface area contributed by atoms with Gasteiger partial charge < -0.3 is 5.11 Å². The maximum atomic E-state index is 10.6. The Balaban J connectivity index is 1.36. The number of nitrogens with zero attached hydrogens (tertiary/aromatic N) is 2. The van der Waals surface area contributed by atoms with Crippen LogP contribution in [0.5, 0.6) is 0 Å². The second-order valence-electron chi connectivity index (χ2n) is 6.31. The lowest BCUT2D eigenvalue weighted by Crippen LogP contribution is -2.51. The summed E-state index contributed by atoms with van der Waals surface area (Å²) in [6, 6.07) is 13.0. The van der Waals surface area contributed by atoms with Crippen molar-refractivity contribution in [2.45, 2.75) is 25.1 Å². The maximum Gasteiger partial charge on any atom is 0.0951 e. The van der Waals surface area contributed by atoms with Crippen LogP contribution >= 0.6 is 11.3 Å². The van der Waals surface area contributed by atoms with E-state index in [0.717, 1.165) is 44.7 Å². The van der Waals surface area contributed by atoms with Crippen molar-refractivity contribution < 1.29 is 5.11 Å². The zero-order valence-electron chi connectivity index (χ0n) is 12.7. The van der Waals surface area contributed by atoms with Crippen LogP contribution in [-0.2, 0) is 13.0 Å². The van der Waals surface area contributed by atoms with Gasteiger partial charge in [0.15, 0.2) is 0 Å². The van der Waals surface area contributed by atoms with Crippen LogP contribution in [0.25, 0.3) is 0 Å². The van der Waals surface area contributed by atoms with Gasteiger partial charge >= 0.3 is 0 Å². The van der Waals surface area contributed by atoms with Crippen molar-refractivity contribution in [2.24, 2.45) is 0 Å². The summed E-state index contributed by atoms with van der Waals surface area (Å²) >= 11 is 1.84. The first-order valence-corrected chi connectivity index (χ1v) is 8.94. The molecule has 2 unspecified atom stereocenters. The van der Waals surface area contributed by atoms with Gasteiger partial charge in [0.1, 0.15) is 0 Å². The quantitative estimate of drug-likeness (QED) is 0.943. The van der Waals surface area contributed by atoms with Crippen molar-refractivity contribution >= 4 is 11.3 Å². The minimum Gasteiger partial charge on any atom is -0.387 e. The van der Waals surface area contributed by atoms with E-state index < -0.39 is 0 Å². The van der Waals surface area contributed by atoms with E-state index in [1.54, 1.807) is 0 Å². The van der Waals surface area contributed by atoms with Crippen LogP contribution in [0.15, 0.2) is 41.8 Å². The molecule has 3 nitrogen and oxygen atoms in total. The third-order valence-electron chi connectivity index (χ3n) is 5.00. The van der Waals surface area contributed by atoms with Crippen LogP contribution in [0.1, 0.15) is 22.1 Å². The summed E-state index contributed by atoms with van der Waals surface area (Å²) < 4.78 is 0. The zero-order chi connectivity index (χ0) is 14.9. The van der Waals surface area contributed by atoms with Crippen molar-refractivity contribution in [3.63, 3.8) is 0 Å².